The van der Waals surface area contributed by atoms with Crippen LogP contribution in [-0.4, -0.2) is 6.41 Å². The van der Waals surface area contributed by atoms with Crippen LogP contribution in [0, 0.1) is 0 Å². The maximum atomic E-state index is 11.2. The minimum atomic E-state index is 0.554. The Balaban J connectivity index is 2.00. The summed E-state index contributed by atoms with van der Waals surface area (Å²) in [5.74, 6) is 0.554. The van der Waals surface area contributed by atoms with E-state index in [0.29, 0.717) is 5.88 Å². The fourth-order valence-electron chi connectivity index (χ4n) is 2.36. The van der Waals surface area contributed by atoms with Gasteiger partial charge in [-0.15, -0.1) is 0 Å². The zero-order valence-corrected chi connectivity index (χ0v) is 9.43. The first-order valence-electron chi connectivity index (χ1n) is 5.78. The third-order valence-electron chi connectivity index (χ3n) is 3.21. The van der Waals surface area contributed by atoms with Crippen molar-refractivity contribution < 1.29 is 9.21 Å². The first kappa shape index (κ1) is 10.1. The van der Waals surface area contributed by atoms with Gasteiger partial charge in [-0.05, 0) is 48.6 Å². The van der Waals surface area contributed by atoms with Gasteiger partial charge in [0.1, 0.15) is 0 Å². The highest BCUT2D eigenvalue weighted by Gasteiger charge is 2.15. The molecule has 0 saturated carbocycles. The second-order valence-electron chi connectivity index (χ2n) is 4.23. The van der Waals surface area contributed by atoms with Crippen LogP contribution in [0.5, 0.6) is 0 Å². The van der Waals surface area contributed by atoms with Gasteiger partial charge in [-0.3, -0.25) is 9.69 Å². The number of amides is 1. The number of hydrogen-bond acceptors (Lipinski definition) is 2. The number of aryl methyl sites for hydroxylation is 2. The topological polar surface area (TPSA) is 33.5 Å². The van der Waals surface area contributed by atoms with Crippen LogP contribution in [0.1, 0.15) is 17.5 Å². The highest BCUT2D eigenvalue weighted by Crippen LogP contribution is 2.30. The summed E-state index contributed by atoms with van der Waals surface area (Å²) in [6.07, 6.45) is 5.82. The normalized spacial score (nSPS) is 13.4. The molecule has 1 aromatic heterocycles. The van der Waals surface area contributed by atoms with Crippen molar-refractivity contribution in [2.45, 2.75) is 19.3 Å². The van der Waals surface area contributed by atoms with Crippen molar-refractivity contribution >= 4 is 18.0 Å². The van der Waals surface area contributed by atoms with Crippen LogP contribution >= 0.6 is 0 Å². The molecular weight excluding hydrogens is 214 g/mol. The van der Waals surface area contributed by atoms with E-state index in [9.17, 15) is 4.79 Å². The molecule has 0 atom stereocenters. The maximum Gasteiger partial charge on any atom is 0.221 e. The van der Waals surface area contributed by atoms with Crippen LogP contribution < -0.4 is 4.90 Å². The zero-order valence-electron chi connectivity index (χ0n) is 9.43. The predicted octanol–water partition coefficient (Wildman–Crippen LogP) is 3.06. The molecule has 17 heavy (non-hydrogen) atoms. The number of rotatable bonds is 3. The molecule has 0 N–H and O–H groups in total. The highest BCUT2D eigenvalue weighted by atomic mass is 16.3. The van der Waals surface area contributed by atoms with Crippen molar-refractivity contribution in [3.63, 3.8) is 0 Å². The lowest BCUT2D eigenvalue weighted by Gasteiger charge is -2.15. The van der Waals surface area contributed by atoms with E-state index in [2.05, 4.69) is 12.1 Å². The minimum Gasteiger partial charge on any atom is -0.448 e. The number of carbonyl (C=O) groups excluding carboxylic acids is 1. The Bertz CT molecular complexity index is 531. The minimum absolute atomic E-state index is 0.554. The molecule has 1 aliphatic rings. The van der Waals surface area contributed by atoms with Gasteiger partial charge in [0.25, 0.3) is 0 Å². The predicted molar refractivity (Wildman–Crippen MR) is 65.4 cm³/mol. The lowest BCUT2D eigenvalue weighted by atomic mass is 10.1. The van der Waals surface area contributed by atoms with E-state index in [4.69, 9.17) is 4.42 Å². The van der Waals surface area contributed by atoms with Crippen molar-refractivity contribution in [1.29, 1.82) is 0 Å². The quantitative estimate of drug-likeness (QED) is 0.755. The standard InChI is InChI=1S/C14H13NO2/c16-10-15(14-5-2-8-17-14)13-7-6-11-3-1-4-12(11)9-13/h2,5-10H,1,3-4H2. The third kappa shape index (κ3) is 1.73. The average molecular weight is 227 g/mol. The average Bonchev–Trinajstić information content (AvgIpc) is 2.99. The number of carbonyl (C=O) groups is 1. The lowest BCUT2D eigenvalue weighted by molar-refractivity contribution is -0.107. The Morgan fingerprint density at radius 2 is 2.06 bits per heavy atom. The van der Waals surface area contributed by atoms with Gasteiger partial charge in [0.05, 0.1) is 12.0 Å². The molecule has 1 aromatic carbocycles. The molecule has 3 rings (SSSR count). The Labute approximate surface area is 99.7 Å². The van der Waals surface area contributed by atoms with Crippen molar-refractivity contribution in [2.24, 2.45) is 0 Å². The Kier molecular flexibility index (Phi) is 2.44. The summed E-state index contributed by atoms with van der Waals surface area (Å²) in [5, 5.41) is 0. The summed E-state index contributed by atoms with van der Waals surface area (Å²) in [5.41, 5.74) is 3.62. The Morgan fingerprint density at radius 3 is 2.82 bits per heavy atom. The first-order chi connectivity index (χ1) is 8.38. The van der Waals surface area contributed by atoms with Gasteiger partial charge in [-0.25, -0.2) is 0 Å². The molecule has 0 spiro atoms. The summed E-state index contributed by atoms with van der Waals surface area (Å²) in [4.78, 5) is 12.7. The van der Waals surface area contributed by atoms with E-state index in [1.54, 1.807) is 18.4 Å². The Hall–Kier alpha value is -2.03. The lowest BCUT2D eigenvalue weighted by Crippen LogP contribution is -2.13. The van der Waals surface area contributed by atoms with Gasteiger partial charge in [0, 0.05) is 6.07 Å². The summed E-state index contributed by atoms with van der Waals surface area (Å²) < 4.78 is 5.25. The van der Waals surface area contributed by atoms with Gasteiger partial charge in [-0.2, -0.15) is 0 Å². The molecule has 1 heterocycles. The second-order valence-corrected chi connectivity index (χ2v) is 4.23. The molecule has 3 heteroatoms. The number of anilines is 2. The Morgan fingerprint density at radius 1 is 1.18 bits per heavy atom. The molecular formula is C14H13NO2. The van der Waals surface area contributed by atoms with Gasteiger partial charge in [0.2, 0.25) is 12.3 Å². The largest absolute Gasteiger partial charge is 0.448 e. The van der Waals surface area contributed by atoms with E-state index >= 15 is 0 Å². The molecule has 1 aliphatic carbocycles. The monoisotopic (exact) mass is 227 g/mol. The summed E-state index contributed by atoms with van der Waals surface area (Å²) >= 11 is 0. The number of nitrogens with zero attached hydrogens (tertiary/aromatic N) is 1. The highest BCUT2D eigenvalue weighted by molar-refractivity contribution is 5.84. The van der Waals surface area contributed by atoms with Gasteiger partial charge >= 0.3 is 0 Å². The van der Waals surface area contributed by atoms with Crippen LogP contribution in [0.3, 0.4) is 0 Å². The molecule has 86 valence electrons. The fourth-order valence-corrected chi connectivity index (χ4v) is 2.36. The van der Waals surface area contributed by atoms with Crippen LogP contribution in [0.4, 0.5) is 11.6 Å². The van der Waals surface area contributed by atoms with Crippen LogP contribution in [-0.2, 0) is 17.6 Å². The maximum absolute atomic E-state index is 11.2. The molecule has 1 amide bonds. The van der Waals surface area contributed by atoms with E-state index in [0.717, 1.165) is 24.9 Å². The molecule has 0 radical (unpaired) electrons. The van der Waals surface area contributed by atoms with Gasteiger partial charge in [-0.1, -0.05) is 6.07 Å². The summed E-state index contributed by atoms with van der Waals surface area (Å²) in [6, 6.07) is 9.72. The molecule has 2 aromatic rings. The van der Waals surface area contributed by atoms with E-state index < -0.39 is 0 Å². The van der Waals surface area contributed by atoms with E-state index in [1.165, 1.54) is 22.4 Å². The molecule has 0 aliphatic heterocycles. The van der Waals surface area contributed by atoms with Crippen molar-refractivity contribution in [2.75, 3.05) is 4.90 Å². The third-order valence-corrected chi connectivity index (χ3v) is 3.21. The van der Waals surface area contributed by atoms with Crippen molar-refractivity contribution in [3.05, 3.63) is 47.7 Å². The van der Waals surface area contributed by atoms with Crippen molar-refractivity contribution in [1.82, 2.24) is 0 Å². The van der Waals surface area contributed by atoms with Crippen molar-refractivity contribution in [3.8, 4) is 0 Å². The van der Waals surface area contributed by atoms with Crippen LogP contribution in [0.15, 0.2) is 41.0 Å². The van der Waals surface area contributed by atoms with Crippen LogP contribution in [0.2, 0.25) is 0 Å². The van der Waals surface area contributed by atoms with Gasteiger partial charge in [0.15, 0.2) is 0 Å². The summed E-state index contributed by atoms with van der Waals surface area (Å²) in [7, 11) is 0. The zero-order chi connectivity index (χ0) is 11.7. The number of benzene rings is 1. The second kappa shape index (κ2) is 4.09. The number of hydrogen-bond donors (Lipinski definition) is 0. The SMILES string of the molecule is O=CN(c1ccc2c(c1)CCC2)c1ccco1. The molecule has 0 bridgehead atoms. The van der Waals surface area contributed by atoms with E-state index in [-0.39, 0.29) is 0 Å². The van der Waals surface area contributed by atoms with Crippen LogP contribution in [0.25, 0.3) is 0 Å². The number of furan rings is 1. The summed E-state index contributed by atoms with van der Waals surface area (Å²) in [6.45, 7) is 0. The molecule has 0 saturated heterocycles. The molecule has 3 nitrogen and oxygen atoms in total. The molecule has 0 fully saturated rings. The van der Waals surface area contributed by atoms with E-state index in [1.807, 2.05) is 6.07 Å². The molecule has 0 unspecified atom stereocenters. The number of fused-ring (bicyclic) bond motifs is 1. The first-order valence-corrected chi connectivity index (χ1v) is 5.78. The van der Waals surface area contributed by atoms with Gasteiger partial charge < -0.3 is 4.42 Å². The fraction of sp³-hybridized carbons (Fsp3) is 0.214. The smallest absolute Gasteiger partial charge is 0.221 e.